The van der Waals surface area contributed by atoms with Crippen LogP contribution >= 0.6 is 0 Å². The van der Waals surface area contributed by atoms with E-state index in [0.717, 1.165) is 31.9 Å². The number of nitrogens with one attached hydrogen (secondary N) is 1. The molecule has 1 fully saturated rings. The van der Waals surface area contributed by atoms with Gasteiger partial charge in [0.2, 0.25) is 0 Å². The maximum absolute atomic E-state index is 9.88. The van der Waals surface area contributed by atoms with Gasteiger partial charge in [-0.2, -0.15) is 5.10 Å². The molecular weight excluding hydrogens is 216 g/mol. The topological polar surface area (TPSA) is 53.3 Å². The Hall–Kier alpha value is -0.910. The lowest BCUT2D eigenvalue weighted by atomic mass is 10.3. The van der Waals surface area contributed by atoms with Crippen LogP contribution in [0.25, 0.3) is 0 Å². The number of aromatic nitrogens is 2. The minimum absolute atomic E-state index is 0.277. The first kappa shape index (κ1) is 12.5. The van der Waals surface area contributed by atoms with Crippen LogP contribution < -0.4 is 5.32 Å². The van der Waals surface area contributed by atoms with Gasteiger partial charge in [0.15, 0.2) is 0 Å². The van der Waals surface area contributed by atoms with Gasteiger partial charge in [-0.3, -0.25) is 4.68 Å². The minimum Gasteiger partial charge on any atom is -0.390 e. The van der Waals surface area contributed by atoms with E-state index in [9.17, 15) is 5.11 Å². The van der Waals surface area contributed by atoms with Crippen molar-refractivity contribution in [1.82, 2.24) is 20.0 Å². The molecule has 1 unspecified atom stereocenters. The Morgan fingerprint density at radius 2 is 2.24 bits per heavy atom. The van der Waals surface area contributed by atoms with Gasteiger partial charge in [0.1, 0.15) is 0 Å². The van der Waals surface area contributed by atoms with Crippen molar-refractivity contribution in [3.63, 3.8) is 0 Å². The summed E-state index contributed by atoms with van der Waals surface area (Å²) >= 11 is 0. The fraction of sp³-hybridized carbons (Fsp3) is 0.750. The summed E-state index contributed by atoms with van der Waals surface area (Å²) in [4.78, 5) is 2.33. The molecule has 0 saturated carbocycles. The number of β-amino-alcohol motifs (C(OH)–C–C–N with tert-alkyl or cyclic N) is 1. The third-order valence-corrected chi connectivity index (χ3v) is 3.28. The average Bonchev–Trinajstić information content (AvgIpc) is 2.91. The normalized spacial score (nSPS) is 18.7. The van der Waals surface area contributed by atoms with Gasteiger partial charge in [0, 0.05) is 32.9 Å². The number of hydrogen-bond donors (Lipinski definition) is 2. The fourth-order valence-electron chi connectivity index (χ4n) is 2.27. The largest absolute Gasteiger partial charge is 0.390 e. The quantitative estimate of drug-likeness (QED) is 0.730. The molecule has 1 atom stereocenters. The molecule has 0 amide bonds. The molecule has 2 heterocycles. The second-order valence-electron chi connectivity index (χ2n) is 4.74. The average molecular weight is 238 g/mol. The molecule has 5 heteroatoms. The van der Waals surface area contributed by atoms with Gasteiger partial charge < -0.3 is 15.3 Å². The zero-order valence-electron chi connectivity index (χ0n) is 10.5. The fourth-order valence-corrected chi connectivity index (χ4v) is 2.27. The smallest absolute Gasteiger partial charge is 0.0791 e. The molecule has 1 aliphatic heterocycles. The Kier molecular flexibility index (Phi) is 4.53. The summed E-state index contributed by atoms with van der Waals surface area (Å²) < 4.78 is 1.85. The van der Waals surface area contributed by atoms with Crippen molar-refractivity contribution < 1.29 is 5.11 Å². The van der Waals surface area contributed by atoms with E-state index in [1.54, 1.807) is 6.20 Å². The van der Waals surface area contributed by atoms with Gasteiger partial charge >= 0.3 is 0 Å². The van der Waals surface area contributed by atoms with E-state index in [1.165, 1.54) is 12.8 Å². The molecule has 0 bridgehead atoms. The number of nitrogens with zero attached hydrogens (tertiary/aromatic N) is 3. The third kappa shape index (κ3) is 3.80. The van der Waals surface area contributed by atoms with Gasteiger partial charge in [0.25, 0.3) is 0 Å². The summed E-state index contributed by atoms with van der Waals surface area (Å²) in [5.74, 6) is 0. The van der Waals surface area contributed by atoms with Crippen LogP contribution in [0, 0.1) is 0 Å². The molecule has 1 aromatic rings. The molecule has 2 rings (SSSR count). The highest BCUT2D eigenvalue weighted by Crippen LogP contribution is 2.07. The molecular formula is C12H22N4O. The third-order valence-electron chi connectivity index (χ3n) is 3.28. The van der Waals surface area contributed by atoms with Crippen molar-refractivity contribution in [1.29, 1.82) is 0 Å². The molecule has 0 aromatic carbocycles. The first-order valence-corrected chi connectivity index (χ1v) is 6.34. The Morgan fingerprint density at radius 1 is 1.47 bits per heavy atom. The second kappa shape index (κ2) is 6.14. The molecule has 0 radical (unpaired) electrons. The van der Waals surface area contributed by atoms with Gasteiger partial charge in [-0.1, -0.05) is 0 Å². The van der Waals surface area contributed by atoms with E-state index < -0.39 is 0 Å². The number of aliphatic hydroxyl groups excluding tert-OH is 1. The van der Waals surface area contributed by atoms with Crippen molar-refractivity contribution in [2.45, 2.75) is 25.5 Å². The van der Waals surface area contributed by atoms with Crippen LogP contribution in [0.2, 0.25) is 0 Å². The predicted octanol–water partition coefficient (Wildman–Crippen LogP) is -0.0336. The second-order valence-corrected chi connectivity index (χ2v) is 4.74. The van der Waals surface area contributed by atoms with E-state index in [2.05, 4.69) is 15.3 Å². The number of aliphatic hydroxyl groups is 1. The zero-order valence-corrected chi connectivity index (χ0v) is 10.5. The van der Waals surface area contributed by atoms with Crippen LogP contribution in [0.15, 0.2) is 12.3 Å². The van der Waals surface area contributed by atoms with Gasteiger partial charge in [-0.25, -0.2) is 0 Å². The Labute approximate surface area is 102 Å². The van der Waals surface area contributed by atoms with E-state index in [0.29, 0.717) is 6.54 Å². The van der Waals surface area contributed by atoms with Crippen LogP contribution in [-0.2, 0) is 13.6 Å². The van der Waals surface area contributed by atoms with E-state index in [4.69, 9.17) is 0 Å². The summed E-state index contributed by atoms with van der Waals surface area (Å²) in [7, 11) is 1.93. The SMILES string of the molecule is Cn1nccc1CNCC(O)CN1CCCC1. The summed E-state index contributed by atoms with van der Waals surface area (Å²) in [6.45, 7) is 4.46. The van der Waals surface area contributed by atoms with Crippen molar-refractivity contribution in [3.05, 3.63) is 18.0 Å². The molecule has 96 valence electrons. The Bertz CT molecular complexity index is 333. The Morgan fingerprint density at radius 3 is 2.88 bits per heavy atom. The lowest BCUT2D eigenvalue weighted by molar-refractivity contribution is 0.123. The summed E-state index contributed by atoms with van der Waals surface area (Å²) in [5.41, 5.74) is 1.14. The summed E-state index contributed by atoms with van der Waals surface area (Å²) in [6.07, 6.45) is 4.06. The minimum atomic E-state index is -0.277. The zero-order chi connectivity index (χ0) is 12.1. The van der Waals surface area contributed by atoms with Crippen LogP contribution in [-0.4, -0.2) is 52.1 Å². The van der Waals surface area contributed by atoms with Crippen LogP contribution in [0.4, 0.5) is 0 Å². The van der Waals surface area contributed by atoms with E-state index >= 15 is 0 Å². The molecule has 0 spiro atoms. The highest BCUT2D eigenvalue weighted by atomic mass is 16.3. The van der Waals surface area contributed by atoms with Crippen LogP contribution in [0.5, 0.6) is 0 Å². The van der Waals surface area contributed by atoms with Crippen LogP contribution in [0.1, 0.15) is 18.5 Å². The molecule has 17 heavy (non-hydrogen) atoms. The number of likely N-dealkylation sites (tertiary alicyclic amines) is 1. The monoisotopic (exact) mass is 238 g/mol. The van der Waals surface area contributed by atoms with Gasteiger partial charge in [0.05, 0.1) is 11.8 Å². The number of aryl methyl sites for hydroxylation is 1. The van der Waals surface area contributed by atoms with Crippen molar-refractivity contribution in [3.8, 4) is 0 Å². The van der Waals surface area contributed by atoms with Crippen molar-refractivity contribution in [2.24, 2.45) is 7.05 Å². The lowest BCUT2D eigenvalue weighted by Crippen LogP contribution is -2.37. The Balaban J connectivity index is 1.62. The summed E-state index contributed by atoms with van der Waals surface area (Å²) in [6, 6.07) is 1.99. The standard InChI is InChI=1S/C12H22N4O/c1-15-11(4-5-14-15)8-13-9-12(17)10-16-6-2-3-7-16/h4-5,12-13,17H,2-3,6-10H2,1H3. The molecule has 1 saturated heterocycles. The van der Waals surface area contributed by atoms with Crippen LogP contribution in [0.3, 0.4) is 0 Å². The maximum Gasteiger partial charge on any atom is 0.0791 e. The number of hydrogen-bond acceptors (Lipinski definition) is 4. The first-order chi connectivity index (χ1) is 8.25. The van der Waals surface area contributed by atoms with Gasteiger partial charge in [-0.15, -0.1) is 0 Å². The molecule has 1 aliphatic rings. The number of rotatable bonds is 6. The molecule has 1 aromatic heterocycles. The summed E-state index contributed by atoms with van der Waals surface area (Å²) in [5, 5.41) is 17.2. The molecule has 0 aliphatic carbocycles. The predicted molar refractivity (Wildman–Crippen MR) is 66.6 cm³/mol. The molecule has 5 nitrogen and oxygen atoms in total. The lowest BCUT2D eigenvalue weighted by Gasteiger charge is -2.19. The van der Waals surface area contributed by atoms with Gasteiger partial charge in [-0.05, 0) is 32.0 Å². The van der Waals surface area contributed by atoms with E-state index in [1.807, 2.05) is 17.8 Å². The highest BCUT2D eigenvalue weighted by molar-refractivity contribution is 4.99. The maximum atomic E-state index is 9.88. The molecule has 2 N–H and O–H groups in total. The van der Waals surface area contributed by atoms with Crippen molar-refractivity contribution >= 4 is 0 Å². The highest BCUT2D eigenvalue weighted by Gasteiger charge is 2.15. The van der Waals surface area contributed by atoms with Crippen molar-refractivity contribution in [2.75, 3.05) is 26.2 Å². The first-order valence-electron chi connectivity index (χ1n) is 6.34. The van der Waals surface area contributed by atoms with E-state index in [-0.39, 0.29) is 6.10 Å².